The Kier molecular flexibility index (Phi) is 5.38. The molecule has 0 unspecified atom stereocenters. The van der Waals surface area contributed by atoms with E-state index in [1.807, 2.05) is 0 Å². The molecule has 1 heterocycles. The molecule has 1 aliphatic rings. The summed E-state index contributed by atoms with van der Waals surface area (Å²) in [5.41, 5.74) is 0.457. The molecular formula is C18H18ClFN2O3. The van der Waals surface area contributed by atoms with E-state index in [1.165, 1.54) is 25.4 Å². The highest BCUT2D eigenvalue weighted by Gasteiger charge is 2.32. The Morgan fingerprint density at radius 2 is 2.20 bits per heavy atom. The van der Waals surface area contributed by atoms with Gasteiger partial charge in [-0.1, -0.05) is 17.7 Å². The van der Waals surface area contributed by atoms with Crippen molar-refractivity contribution in [3.8, 4) is 11.5 Å². The molecule has 2 aromatic rings. The van der Waals surface area contributed by atoms with Gasteiger partial charge in [0, 0.05) is 24.9 Å². The maximum absolute atomic E-state index is 13.7. The number of rotatable bonds is 7. The zero-order chi connectivity index (χ0) is 17.8. The number of benzene rings is 1. The summed E-state index contributed by atoms with van der Waals surface area (Å²) in [6, 6.07) is 6.13. The second kappa shape index (κ2) is 7.70. The van der Waals surface area contributed by atoms with Gasteiger partial charge < -0.3 is 14.8 Å². The van der Waals surface area contributed by atoms with E-state index in [-0.39, 0.29) is 18.2 Å². The third kappa shape index (κ3) is 4.39. The summed E-state index contributed by atoms with van der Waals surface area (Å²) in [4.78, 5) is 16.4. The van der Waals surface area contributed by atoms with Gasteiger partial charge in [0.1, 0.15) is 5.75 Å². The Labute approximate surface area is 150 Å². The van der Waals surface area contributed by atoms with Crippen LogP contribution < -0.4 is 14.8 Å². The minimum absolute atomic E-state index is 0.159. The lowest BCUT2D eigenvalue weighted by molar-refractivity contribution is 0.0945. The van der Waals surface area contributed by atoms with Crippen molar-refractivity contribution in [2.45, 2.75) is 24.9 Å². The highest BCUT2D eigenvalue weighted by molar-refractivity contribution is 6.20. The van der Waals surface area contributed by atoms with Crippen LogP contribution in [0.1, 0.15) is 28.8 Å². The first kappa shape index (κ1) is 17.5. The van der Waals surface area contributed by atoms with Crippen molar-refractivity contribution in [2.24, 2.45) is 5.92 Å². The van der Waals surface area contributed by atoms with Gasteiger partial charge in [0.15, 0.2) is 17.1 Å². The maximum Gasteiger partial charge on any atom is 0.256 e. The molecule has 1 aromatic carbocycles. The van der Waals surface area contributed by atoms with Gasteiger partial charge >= 0.3 is 0 Å². The Balaban J connectivity index is 1.65. The van der Waals surface area contributed by atoms with E-state index in [0.717, 1.165) is 12.8 Å². The fourth-order valence-electron chi connectivity index (χ4n) is 2.33. The number of carbonyl (C=O) groups excluding carboxylic acids is 1. The number of hydrogen-bond acceptors (Lipinski definition) is 4. The average molecular weight is 365 g/mol. The van der Waals surface area contributed by atoms with Crippen molar-refractivity contribution in [3.63, 3.8) is 0 Å². The van der Waals surface area contributed by atoms with Crippen LogP contribution in [0, 0.1) is 11.7 Å². The van der Waals surface area contributed by atoms with E-state index >= 15 is 0 Å². The van der Waals surface area contributed by atoms with E-state index in [1.54, 1.807) is 18.3 Å². The second-order valence-electron chi connectivity index (χ2n) is 5.83. The second-order valence-corrected chi connectivity index (χ2v) is 6.26. The Morgan fingerprint density at radius 3 is 2.88 bits per heavy atom. The van der Waals surface area contributed by atoms with E-state index in [9.17, 15) is 9.18 Å². The molecule has 3 rings (SSSR count). The number of hydrogen-bond donors (Lipinski definition) is 1. The number of amides is 1. The number of ether oxygens (including phenoxy) is 2. The minimum Gasteiger partial charge on any atom is -0.494 e. The quantitative estimate of drug-likeness (QED) is 0.764. The first-order valence-corrected chi connectivity index (χ1v) is 8.37. The normalized spacial score (nSPS) is 14.7. The lowest BCUT2D eigenvalue weighted by Gasteiger charge is -2.15. The maximum atomic E-state index is 13.7. The molecule has 0 saturated heterocycles. The number of nitrogens with one attached hydrogen (secondary N) is 1. The standard InChI is InChI=1S/C18H18ClFN2O3/c1-24-16-5-2-11(8-14(16)20)9-22-18(23)13-10-21-7-6-15(13)25-17(19)12-3-4-12/h2,5-8,10,12,17H,3-4,9H2,1H3,(H,22,23)/t17-/m1/s1. The van der Waals surface area contributed by atoms with Gasteiger partial charge in [-0.2, -0.15) is 0 Å². The number of aromatic nitrogens is 1. The molecule has 1 aliphatic carbocycles. The smallest absolute Gasteiger partial charge is 0.256 e. The fraction of sp³-hybridized carbons (Fsp3) is 0.333. The van der Waals surface area contributed by atoms with Crippen LogP contribution in [0.15, 0.2) is 36.7 Å². The molecular weight excluding hydrogens is 347 g/mol. The Hall–Kier alpha value is -2.34. The number of carbonyl (C=O) groups is 1. The molecule has 1 atom stereocenters. The third-order valence-electron chi connectivity index (χ3n) is 3.93. The van der Waals surface area contributed by atoms with Crippen LogP contribution in [-0.4, -0.2) is 23.6 Å². The molecule has 0 radical (unpaired) electrons. The summed E-state index contributed by atoms with van der Waals surface area (Å²) in [5.74, 6) is 0.0348. The molecule has 1 amide bonds. The van der Waals surface area contributed by atoms with Crippen LogP contribution >= 0.6 is 11.6 Å². The van der Waals surface area contributed by atoms with Gasteiger partial charge in [-0.3, -0.25) is 9.78 Å². The van der Waals surface area contributed by atoms with Gasteiger partial charge in [-0.05, 0) is 36.6 Å². The summed E-state index contributed by atoms with van der Waals surface area (Å²) in [6.45, 7) is 0.168. The van der Waals surface area contributed by atoms with Gasteiger partial charge in [0.05, 0.1) is 12.7 Å². The van der Waals surface area contributed by atoms with Crippen molar-refractivity contribution in [1.29, 1.82) is 0 Å². The van der Waals surface area contributed by atoms with Crippen molar-refractivity contribution in [3.05, 3.63) is 53.6 Å². The Bertz CT molecular complexity index is 768. The summed E-state index contributed by atoms with van der Waals surface area (Å²) in [5, 5.41) is 2.73. The summed E-state index contributed by atoms with van der Waals surface area (Å²) >= 11 is 6.18. The molecule has 1 fully saturated rings. The van der Waals surface area contributed by atoms with Crippen LogP contribution in [0.2, 0.25) is 0 Å². The minimum atomic E-state index is -0.478. The summed E-state index contributed by atoms with van der Waals surface area (Å²) in [7, 11) is 1.40. The van der Waals surface area contributed by atoms with Crippen molar-refractivity contribution >= 4 is 17.5 Å². The molecule has 1 aromatic heterocycles. The van der Waals surface area contributed by atoms with Crippen molar-refractivity contribution in [2.75, 3.05) is 7.11 Å². The SMILES string of the molecule is COc1ccc(CNC(=O)c2cnccc2O[C@@H](Cl)C2CC2)cc1F. The van der Waals surface area contributed by atoms with E-state index < -0.39 is 11.4 Å². The monoisotopic (exact) mass is 364 g/mol. The van der Waals surface area contributed by atoms with Gasteiger partial charge in [0.25, 0.3) is 5.91 Å². The zero-order valence-corrected chi connectivity index (χ0v) is 14.4. The van der Waals surface area contributed by atoms with Crippen LogP contribution in [0.4, 0.5) is 4.39 Å². The number of methoxy groups -OCH3 is 1. The van der Waals surface area contributed by atoms with Crippen LogP contribution in [0.25, 0.3) is 0 Å². The number of alkyl halides is 1. The Morgan fingerprint density at radius 1 is 1.40 bits per heavy atom. The summed E-state index contributed by atoms with van der Waals surface area (Å²) in [6.07, 6.45) is 5.03. The van der Waals surface area contributed by atoms with Crippen LogP contribution in [0.3, 0.4) is 0 Å². The van der Waals surface area contributed by atoms with Gasteiger partial charge in [-0.25, -0.2) is 4.39 Å². The third-order valence-corrected chi connectivity index (χ3v) is 4.37. The molecule has 25 heavy (non-hydrogen) atoms. The van der Waals surface area contributed by atoms with Crippen LogP contribution in [0.5, 0.6) is 11.5 Å². The molecule has 5 nitrogen and oxygen atoms in total. The van der Waals surface area contributed by atoms with E-state index in [0.29, 0.717) is 22.8 Å². The predicted molar refractivity (Wildman–Crippen MR) is 91.4 cm³/mol. The molecule has 132 valence electrons. The zero-order valence-electron chi connectivity index (χ0n) is 13.7. The van der Waals surface area contributed by atoms with Crippen molar-refractivity contribution in [1.82, 2.24) is 10.3 Å². The first-order chi connectivity index (χ1) is 12.1. The average Bonchev–Trinajstić information content (AvgIpc) is 3.45. The number of nitrogens with zero attached hydrogens (tertiary/aromatic N) is 1. The largest absolute Gasteiger partial charge is 0.494 e. The molecule has 0 spiro atoms. The van der Waals surface area contributed by atoms with Gasteiger partial charge in [0.2, 0.25) is 0 Å². The number of pyridine rings is 1. The molecule has 1 saturated carbocycles. The molecule has 0 bridgehead atoms. The van der Waals surface area contributed by atoms with Crippen LogP contribution in [-0.2, 0) is 6.54 Å². The summed E-state index contributed by atoms with van der Waals surface area (Å²) < 4.78 is 24.3. The highest BCUT2D eigenvalue weighted by atomic mass is 35.5. The molecule has 0 aliphatic heterocycles. The van der Waals surface area contributed by atoms with E-state index in [2.05, 4.69) is 10.3 Å². The molecule has 7 heteroatoms. The lowest BCUT2D eigenvalue weighted by Crippen LogP contribution is -2.24. The molecule has 1 N–H and O–H groups in total. The van der Waals surface area contributed by atoms with E-state index in [4.69, 9.17) is 21.1 Å². The van der Waals surface area contributed by atoms with Crippen molar-refractivity contribution < 1.29 is 18.7 Å². The number of halogens is 2. The topological polar surface area (TPSA) is 60.5 Å². The lowest BCUT2D eigenvalue weighted by atomic mass is 10.2. The first-order valence-electron chi connectivity index (χ1n) is 7.94. The van der Waals surface area contributed by atoms with Gasteiger partial charge in [-0.15, -0.1) is 0 Å². The predicted octanol–water partition coefficient (Wildman–Crippen LogP) is 3.51. The highest BCUT2D eigenvalue weighted by Crippen LogP contribution is 2.37. The fourth-order valence-corrected chi connectivity index (χ4v) is 2.68.